The Hall–Kier alpha value is -3.34. The van der Waals surface area contributed by atoms with Gasteiger partial charge in [-0.25, -0.2) is 0 Å². The van der Waals surface area contributed by atoms with Gasteiger partial charge in [0, 0.05) is 11.4 Å². The van der Waals surface area contributed by atoms with Gasteiger partial charge in [-0.2, -0.15) is 0 Å². The SMILES string of the molecule is Cc1[nH]c(C)c(C(=O)Nc2ccccc2)c(=O)c1OCc1ccccc1. The van der Waals surface area contributed by atoms with E-state index in [-0.39, 0.29) is 17.9 Å². The van der Waals surface area contributed by atoms with Crippen LogP contribution in [0.15, 0.2) is 65.5 Å². The Morgan fingerprint density at radius 2 is 1.58 bits per heavy atom. The fourth-order valence-corrected chi connectivity index (χ4v) is 2.75. The zero-order valence-electron chi connectivity index (χ0n) is 14.7. The molecule has 2 aromatic carbocycles. The van der Waals surface area contributed by atoms with Gasteiger partial charge >= 0.3 is 0 Å². The van der Waals surface area contributed by atoms with E-state index in [9.17, 15) is 9.59 Å². The number of rotatable bonds is 5. The lowest BCUT2D eigenvalue weighted by molar-refractivity contribution is 0.102. The molecule has 0 aliphatic carbocycles. The summed E-state index contributed by atoms with van der Waals surface area (Å²) >= 11 is 0. The highest BCUT2D eigenvalue weighted by Crippen LogP contribution is 2.16. The summed E-state index contributed by atoms with van der Waals surface area (Å²) in [5.74, 6) is -0.294. The predicted octanol–water partition coefficient (Wildman–Crippen LogP) is 3.82. The van der Waals surface area contributed by atoms with Crippen molar-refractivity contribution in [3.05, 3.63) is 93.4 Å². The van der Waals surface area contributed by atoms with Gasteiger partial charge in [0.25, 0.3) is 5.91 Å². The predicted molar refractivity (Wildman–Crippen MR) is 102 cm³/mol. The van der Waals surface area contributed by atoms with Crippen molar-refractivity contribution in [2.24, 2.45) is 0 Å². The van der Waals surface area contributed by atoms with Crippen LogP contribution in [0.25, 0.3) is 0 Å². The molecule has 0 aliphatic rings. The van der Waals surface area contributed by atoms with Crippen molar-refractivity contribution in [1.82, 2.24) is 4.98 Å². The molecule has 5 heteroatoms. The molecule has 0 saturated heterocycles. The number of amides is 1. The number of ether oxygens (including phenoxy) is 1. The minimum Gasteiger partial charge on any atom is -0.483 e. The lowest BCUT2D eigenvalue weighted by Crippen LogP contribution is -2.26. The Bertz CT molecular complexity index is 964. The summed E-state index contributed by atoms with van der Waals surface area (Å²) in [6.07, 6.45) is 0. The quantitative estimate of drug-likeness (QED) is 0.736. The first-order chi connectivity index (χ1) is 12.6. The highest BCUT2D eigenvalue weighted by Gasteiger charge is 2.20. The van der Waals surface area contributed by atoms with Crippen LogP contribution in [0.3, 0.4) is 0 Å². The fraction of sp³-hybridized carbons (Fsp3) is 0.143. The van der Waals surface area contributed by atoms with Gasteiger partial charge in [0.1, 0.15) is 12.2 Å². The van der Waals surface area contributed by atoms with Gasteiger partial charge in [0.05, 0.1) is 5.69 Å². The maximum absolute atomic E-state index is 12.9. The van der Waals surface area contributed by atoms with Crippen molar-refractivity contribution in [3.63, 3.8) is 0 Å². The number of H-pyrrole nitrogens is 1. The van der Waals surface area contributed by atoms with Gasteiger partial charge in [-0.1, -0.05) is 48.5 Å². The van der Waals surface area contributed by atoms with Crippen LogP contribution in [0, 0.1) is 13.8 Å². The van der Waals surface area contributed by atoms with Gasteiger partial charge < -0.3 is 15.0 Å². The van der Waals surface area contributed by atoms with Gasteiger partial charge in [0.15, 0.2) is 5.75 Å². The molecule has 0 unspecified atom stereocenters. The largest absolute Gasteiger partial charge is 0.483 e. The molecule has 26 heavy (non-hydrogen) atoms. The number of carbonyl (C=O) groups is 1. The minimum atomic E-state index is -0.459. The number of carbonyl (C=O) groups excluding carboxylic acids is 1. The summed E-state index contributed by atoms with van der Waals surface area (Å²) in [4.78, 5) is 28.5. The first-order valence-corrected chi connectivity index (χ1v) is 8.33. The second kappa shape index (κ2) is 7.70. The average molecular weight is 348 g/mol. The van der Waals surface area contributed by atoms with E-state index in [1.807, 2.05) is 48.5 Å². The number of pyridine rings is 1. The molecule has 2 N–H and O–H groups in total. The summed E-state index contributed by atoms with van der Waals surface area (Å²) in [5.41, 5.74) is 2.32. The van der Waals surface area contributed by atoms with E-state index in [1.54, 1.807) is 26.0 Å². The second-order valence-corrected chi connectivity index (χ2v) is 6.00. The summed E-state index contributed by atoms with van der Waals surface area (Å²) < 4.78 is 5.73. The van der Waals surface area contributed by atoms with Crippen molar-refractivity contribution < 1.29 is 9.53 Å². The third-order valence-corrected chi connectivity index (χ3v) is 4.01. The zero-order chi connectivity index (χ0) is 18.5. The van der Waals surface area contributed by atoms with E-state index >= 15 is 0 Å². The molecule has 3 aromatic rings. The van der Waals surface area contributed by atoms with E-state index in [0.717, 1.165) is 5.56 Å². The van der Waals surface area contributed by atoms with Crippen LogP contribution in [0.2, 0.25) is 0 Å². The summed E-state index contributed by atoms with van der Waals surface area (Å²) in [5, 5.41) is 2.75. The van der Waals surface area contributed by atoms with Crippen LogP contribution in [0.1, 0.15) is 27.3 Å². The normalized spacial score (nSPS) is 10.4. The van der Waals surface area contributed by atoms with E-state index < -0.39 is 11.3 Å². The van der Waals surface area contributed by atoms with Crippen LogP contribution in [-0.2, 0) is 6.61 Å². The molecular weight excluding hydrogens is 328 g/mol. The molecule has 0 aliphatic heterocycles. The third kappa shape index (κ3) is 3.83. The molecule has 132 valence electrons. The van der Waals surface area contributed by atoms with Gasteiger partial charge in [-0.15, -0.1) is 0 Å². The monoisotopic (exact) mass is 348 g/mol. The first kappa shape index (κ1) is 17.5. The van der Waals surface area contributed by atoms with Crippen LogP contribution in [-0.4, -0.2) is 10.9 Å². The van der Waals surface area contributed by atoms with Crippen molar-refractivity contribution in [2.75, 3.05) is 5.32 Å². The fourth-order valence-electron chi connectivity index (χ4n) is 2.75. The van der Waals surface area contributed by atoms with Crippen molar-refractivity contribution in [3.8, 4) is 5.75 Å². The number of aromatic nitrogens is 1. The molecule has 0 radical (unpaired) electrons. The standard InChI is InChI=1S/C21H20N2O3/c1-14-18(21(25)23-17-11-7-4-8-12-17)19(24)20(15(2)22-14)26-13-16-9-5-3-6-10-16/h3-12H,13H2,1-2H3,(H,22,24)(H,23,25). The third-order valence-electron chi connectivity index (χ3n) is 4.01. The first-order valence-electron chi connectivity index (χ1n) is 8.33. The van der Waals surface area contributed by atoms with E-state index in [4.69, 9.17) is 4.74 Å². The Kier molecular flexibility index (Phi) is 5.17. The number of hydrogen-bond acceptors (Lipinski definition) is 3. The van der Waals surface area contributed by atoms with Crippen LogP contribution in [0.5, 0.6) is 5.75 Å². The molecule has 1 aromatic heterocycles. The maximum atomic E-state index is 12.9. The molecule has 1 heterocycles. The van der Waals surface area contributed by atoms with E-state index in [0.29, 0.717) is 17.1 Å². The minimum absolute atomic E-state index is 0.0579. The number of anilines is 1. The average Bonchev–Trinajstić information content (AvgIpc) is 2.63. The van der Waals surface area contributed by atoms with Gasteiger partial charge in [0.2, 0.25) is 5.43 Å². The maximum Gasteiger partial charge on any atom is 0.261 e. The molecule has 0 fully saturated rings. The molecule has 0 atom stereocenters. The molecule has 1 amide bonds. The summed E-state index contributed by atoms with van der Waals surface area (Å²) in [7, 11) is 0. The summed E-state index contributed by atoms with van der Waals surface area (Å²) in [6, 6.07) is 18.6. The molecule has 0 spiro atoms. The van der Waals surface area contributed by atoms with Gasteiger partial charge in [-0.05, 0) is 31.5 Å². The number of hydrogen-bond donors (Lipinski definition) is 2. The number of aromatic amines is 1. The van der Waals surface area contributed by atoms with Crippen molar-refractivity contribution in [1.29, 1.82) is 0 Å². The Morgan fingerprint density at radius 1 is 0.962 bits per heavy atom. The lowest BCUT2D eigenvalue weighted by atomic mass is 10.1. The number of benzene rings is 2. The topological polar surface area (TPSA) is 71.2 Å². The van der Waals surface area contributed by atoms with Crippen molar-refractivity contribution in [2.45, 2.75) is 20.5 Å². The van der Waals surface area contributed by atoms with E-state index in [1.165, 1.54) is 0 Å². The van der Waals surface area contributed by atoms with Crippen molar-refractivity contribution >= 4 is 11.6 Å². The highest BCUT2D eigenvalue weighted by molar-refractivity contribution is 6.05. The van der Waals surface area contributed by atoms with E-state index in [2.05, 4.69) is 10.3 Å². The lowest BCUT2D eigenvalue weighted by Gasteiger charge is -2.13. The van der Waals surface area contributed by atoms with Crippen LogP contribution in [0.4, 0.5) is 5.69 Å². The smallest absolute Gasteiger partial charge is 0.261 e. The number of aryl methyl sites for hydroxylation is 2. The number of para-hydroxylation sites is 1. The van der Waals surface area contributed by atoms with Gasteiger partial charge in [-0.3, -0.25) is 9.59 Å². The highest BCUT2D eigenvalue weighted by atomic mass is 16.5. The summed E-state index contributed by atoms with van der Waals surface area (Å²) in [6.45, 7) is 3.72. The Balaban J connectivity index is 1.88. The molecular formula is C21H20N2O3. The zero-order valence-corrected chi connectivity index (χ0v) is 14.7. The molecule has 0 bridgehead atoms. The molecule has 0 saturated carbocycles. The van der Waals surface area contributed by atoms with Crippen LogP contribution < -0.4 is 15.5 Å². The Morgan fingerprint density at radius 3 is 2.23 bits per heavy atom. The molecule has 5 nitrogen and oxygen atoms in total. The molecule has 3 rings (SSSR count). The number of nitrogens with one attached hydrogen (secondary N) is 2. The Labute approximate surface area is 151 Å². The second-order valence-electron chi connectivity index (χ2n) is 6.00. The van der Waals surface area contributed by atoms with Crippen LogP contribution >= 0.6 is 0 Å².